The highest BCUT2D eigenvalue weighted by molar-refractivity contribution is 8.05. The van der Waals surface area contributed by atoms with Gasteiger partial charge in [0.15, 0.2) is 0 Å². The first-order valence-electron chi connectivity index (χ1n) is 4.65. The molecule has 0 N–H and O–H groups in total. The van der Waals surface area contributed by atoms with Crippen molar-refractivity contribution in [2.45, 2.75) is 0 Å². The molecule has 3 heteroatoms. The lowest BCUT2D eigenvalue weighted by Gasteiger charge is -1.95. The Balaban J connectivity index is 1.97. The smallest absolute Gasteiger partial charge is 0.0810 e. The van der Waals surface area contributed by atoms with Gasteiger partial charge < -0.3 is 0 Å². The Morgan fingerprint density at radius 3 is 2.87 bits per heavy atom. The third kappa shape index (κ3) is 1.73. The minimum Gasteiger partial charge on any atom is -0.246 e. The van der Waals surface area contributed by atoms with Crippen molar-refractivity contribution < 1.29 is 0 Å². The molecular weight excluding hydrogens is 222 g/mol. The van der Waals surface area contributed by atoms with Crippen LogP contribution >= 0.6 is 23.1 Å². The molecule has 3 heterocycles. The molecule has 0 aliphatic carbocycles. The molecule has 0 spiro atoms. The highest BCUT2D eigenvalue weighted by atomic mass is 32.2. The maximum Gasteiger partial charge on any atom is 0.0810 e. The molecule has 0 aromatic carbocycles. The maximum atomic E-state index is 4.62. The second kappa shape index (κ2) is 3.83. The van der Waals surface area contributed by atoms with Crippen LogP contribution in [0.25, 0.3) is 0 Å². The average molecular weight is 230 g/mol. The third-order valence-electron chi connectivity index (χ3n) is 2.19. The summed E-state index contributed by atoms with van der Waals surface area (Å²) in [4.78, 5) is 7.08. The van der Waals surface area contributed by atoms with Crippen LogP contribution in [0, 0.1) is 5.75 Å². The fourth-order valence-corrected chi connectivity index (χ4v) is 2.88. The Bertz CT molecular complexity index is 490. The molecule has 0 amide bonds. The molecular formula is C12H8NS2. The Kier molecular flexibility index (Phi) is 2.35. The number of allylic oxidation sites excluding steroid dienone is 3. The monoisotopic (exact) mass is 230 g/mol. The van der Waals surface area contributed by atoms with Gasteiger partial charge in [0.05, 0.1) is 16.3 Å². The summed E-state index contributed by atoms with van der Waals surface area (Å²) in [7, 11) is 0. The number of hydrogen-bond donors (Lipinski definition) is 0. The maximum absolute atomic E-state index is 4.62. The summed E-state index contributed by atoms with van der Waals surface area (Å²) >= 11 is 3.46. The second-order valence-corrected chi connectivity index (χ2v) is 5.07. The zero-order valence-corrected chi connectivity index (χ0v) is 9.52. The van der Waals surface area contributed by atoms with Crippen molar-refractivity contribution in [2.24, 2.45) is 4.99 Å². The number of hydrogen-bond acceptors (Lipinski definition) is 3. The van der Waals surface area contributed by atoms with E-state index in [1.54, 1.807) is 23.1 Å². The van der Waals surface area contributed by atoms with Crippen LogP contribution < -0.4 is 0 Å². The van der Waals surface area contributed by atoms with Crippen LogP contribution in [0.2, 0.25) is 0 Å². The van der Waals surface area contributed by atoms with E-state index in [1.165, 1.54) is 9.78 Å². The third-order valence-corrected chi connectivity index (χ3v) is 3.97. The van der Waals surface area contributed by atoms with Gasteiger partial charge in [-0.2, -0.15) is 0 Å². The molecule has 2 aliphatic rings. The van der Waals surface area contributed by atoms with E-state index in [4.69, 9.17) is 0 Å². The Morgan fingerprint density at radius 2 is 2.13 bits per heavy atom. The van der Waals surface area contributed by atoms with Crippen LogP contribution in [0.3, 0.4) is 0 Å². The minimum absolute atomic E-state index is 1.08. The number of rotatable bonds is 1. The Labute approximate surface area is 96.9 Å². The highest BCUT2D eigenvalue weighted by Gasteiger charge is 2.12. The topological polar surface area (TPSA) is 12.4 Å². The molecule has 1 radical (unpaired) electrons. The van der Waals surface area contributed by atoms with Crippen LogP contribution in [0.4, 0.5) is 0 Å². The van der Waals surface area contributed by atoms with E-state index in [2.05, 4.69) is 52.6 Å². The minimum atomic E-state index is 1.08. The highest BCUT2D eigenvalue weighted by Crippen LogP contribution is 2.33. The van der Waals surface area contributed by atoms with Crippen LogP contribution in [-0.4, -0.2) is 5.71 Å². The molecule has 1 nitrogen and oxygen atoms in total. The molecule has 15 heavy (non-hydrogen) atoms. The molecule has 0 saturated carbocycles. The van der Waals surface area contributed by atoms with Crippen molar-refractivity contribution in [3.63, 3.8) is 0 Å². The lowest BCUT2D eigenvalue weighted by atomic mass is 10.3. The summed E-state index contributed by atoms with van der Waals surface area (Å²) in [6.45, 7) is 0. The first-order chi connectivity index (χ1) is 7.43. The molecule has 0 unspecified atom stereocenters. The van der Waals surface area contributed by atoms with Crippen molar-refractivity contribution in [3.05, 3.63) is 63.0 Å². The number of thiophene rings is 1. The van der Waals surface area contributed by atoms with Crippen LogP contribution in [0.15, 0.2) is 57.4 Å². The predicted molar refractivity (Wildman–Crippen MR) is 68.1 cm³/mol. The van der Waals surface area contributed by atoms with Gasteiger partial charge in [0, 0.05) is 10.7 Å². The van der Waals surface area contributed by atoms with E-state index in [1.807, 2.05) is 0 Å². The number of thioether (sulfide) groups is 1. The SMILES string of the molecule is [CH]1C=CC(=C2C=CC(c3cccs3)=N2)S1. The van der Waals surface area contributed by atoms with Gasteiger partial charge in [-0.1, -0.05) is 12.1 Å². The average Bonchev–Trinajstić information content (AvgIpc) is 3.02. The fourth-order valence-electron chi connectivity index (χ4n) is 1.49. The Hall–Kier alpha value is -1.06. The van der Waals surface area contributed by atoms with Gasteiger partial charge in [-0.3, -0.25) is 0 Å². The van der Waals surface area contributed by atoms with Gasteiger partial charge in [0.25, 0.3) is 0 Å². The van der Waals surface area contributed by atoms with Crippen molar-refractivity contribution in [1.82, 2.24) is 0 Å². The van der Waals surface area contributed by atoms with Crippen molar-refractivity contribution in [3.8, 4) is 0 Å². The van der Waals surface area contributed by atoms with E-state index >= 15 is 0 Å². The number of aliphatic imine (C=N–C) groups is 1. The predicted octanol–water partition coefficient (Wildman–Crippen LogP) is 3.78. The fraction of sp³-hybridized carbons (Fsp3) is 0. The van der Waals surface area contributed by atoms with Crippen LogP contribution in [0.5, 0.6) is 0 Å². The molecule has 3 rings (SSSR count). The van der Waals surface area contributed by atoms with Crippen LogP contribution in [0.1, 0.15) is 4.88 Å². The molecule has 0 atom stereocenters. The summed E-state index contributed by atoms with van der Waals surface area (Å²) in [5, 5.41) is 2.08. The van der Waals surface area contributed by atoms with Gasteiger partial charge in [-0.05, 0) is 29.7 Å². The lowest BCUT2D eigenvalue weighted by Crippen LogP contribution is -1.87. The van der Waals surface area contributed by atoms with E-state index in [-0.39, 0.29) is 0 Å². The van der Waals surface area contributed by atoms with E-state index in [0.717, 1.165) is 11.4 Å². The summed E-state index contributed by atoms with van der Waals surface area (Å²) in [6, 6.07) is 4.16. The summed E-state index contributed by atoms with van der Waals surface area (Å²) in [6.07, 6.45) is 8.33. The Morgan fingerprint density at radius 1 is 1.13 bits per heavy atom. The molecule has 0 bridgehead atoms. The number of nitrogens with zero attached hydrogens (tertiary/aromatic N) is 1. The van der Waals surface area contributed by atoms with Gasteiger partial charge in [0.1, 0.15) is 0 Å². The quantitative estimate of drug-likeness (QED) is 0.715. The van der Waals surface area contributed by atoms with Crippen molar-refractivity contribution in [2.75, 3.05) is 0 Å². The van der Waals surface area contributed by atoms with Crippen molar-refractivity contribution >= 4 is 28.8 Å². The second-order valence-electron chi connectivity index (χ2n) is 3.17. The first kappa shape index (κ1) is 9.19. The summed E-state index contributed by atoms with van der Waals surface area (Å²) in [5.41, 5.74) is 2.15. The zero-order valence-electron chi connectivity index (χ0n) is 7.88. The summed E-state index contributed by atoms with van der Waals surface area (Å²) < 4.78 is 0. The van der Waals surface area contributed by atoms with Gasteiger partial charge >= 0.3 is 0 Å². The van der Waals surface area contributed by atoms with Gasteiger partial charge in [-0.25, -0.2) is 4.99 Å². The van der Waals surface area contributed by atoms with E-state index in [0.29, 0.717) is 0 Å². The van der Waals surface area contributed by atoms with Crippen molar-refractivity contribution in [1.29, 1.82) is 0 Å². The lowest BCUT2D eigenvalue weighted by molar-refractivity contribution is 1.44. The zero-order chi connectivity index (χ0) is 10.1. The van der Waals surface area contributed by atoms with E-state index < -0.39 is 0 Å². The molecule has 1 aromatic rings. The van der Waals surface area contributed by atoms with Crippen LogP contribution in [-0.2, 0) is 0 Å². The van der Waals surface area contributed by atoms with Gasteiger partial charge in [0.2, 0.25) is 0 Å². The molecule has 2 aliphatic heterocycles. The summed E-state index contributed by atoms with van der Waals surface area (Å²) in [5.74, 6) is 2.08. The normalized spacial score (nSPS) is 23.9. The van der Waals surface area contributed by atoms with E-state index in [9.17, 15) is 0 Å². The first-order valence-corrected chi connectivity index (χ1v) is 6.41. The standard InChI is InChI=1S/C12H8NS2/c1-3-11(14-7-1)9-5-6-10(13-9)12-4-2-8-15-12/h1-8H. The van der Waals surface area contributed by atoms with Gasteiger partial charge in [-0.15, -0.1) is 23.1 Å². The molecule has 0 fully saturated rings. The largest absolute Gasteiger partial charge is 0.246 e. The molecule has 73 valence electrons. The molecule has 1 aromatic heterocycles. The molecule has 0 saturated heterocycles.